The molecule has 0 unspecified atom stereocenters. The molecule has 2 rings (SSSR count). The first-order chi connectivity index (χ1) is 9.40. The van der Waals surface area contributed by atoms with Crippen LogP contribution < -0.4 is 11.1 Å². The molecule has 104 valence electrons. The SMILES string of the molecule is Nc1cccc(C(=O)Nc2cc(F)c(F)cc2F)c1Cl. The van der Waals surface area contributed by atoms with Gasteiger partial charge in [0.05, 0.1) is 22.0 Å². The van der Waals surface area contributed by atoms with Crippen LogP contribution in [0.2, 0.25) is 5.02 Å². The highest BCUT2D eigenvalue weighted by Crippen LogP contribution is 2.25. The summed E-state index contributed by atoms with van der Waals surface area (Å²) in [5.74, 6) is -4.51. The number of anilines is 2. The summed E-state index contributed by atoms with van der Waals surface area (Å²) in [6, 6.07) is 5.22. The summed E-state index contributed by atoms with van der Waals surface area (Å²) >= 11 is 5.84. The molecule has 20 heavy (non-hydrogen) atoms. The van der Waals surface area contributed by atoms with Crippen LogP contribution in [0.1, 0.15) is 10.4 Å². The van der Waals surface area contributed by atoms with Crippen molar-refractivity contribution in [1.29, 1.82) is 0 Å². The van der Waals surface area contributed by atoms with Gasteiger partial charge in [-0.3, -0.25) is 4.79 Å². The number of hydrogen-bond acceptors (Lipinski definition) is 2. The van der Waals surface area contributed by atoms with Gasteiger partial charge in [0.15, 0.2) is 11.6 Å². The topological polar surface area (TPSA) is 55.1 Å². The van der Waals surface area contributed by atoms with E-state index in [2.05, 4.69) is 5.32 Å². The summed E-state index contributed by atoms with van der Waals surface area (Å²) in [6.45, 7) is 0. The first kappa shape index (κ1) is 14.2. The molecule has 0 aliphatic carbocycles. The molecule has 2 aromatic carbocycles. The quantitative estimate of drug-likeness (QED) is 0.658. The minimum absolute atomic E-state index is 0.00389. The van der Waals surface area contributed by atoms with Crippen molar-refractivity contribution in [2.24, 2.45) is 0 Å². The lowest BCUT2D eigenvalue weighted by Gasteiger charge is -2.09. The van der Waals surface area contributed by atoms with E-state index in [0.717, 1.165) is 0 Å². The van der Waals surface area contributed by atoms with Crippen molar-refractivity contribution in [3.63, 3.8) is 0 Å². The lowest BCUT2D eigenvalue weighted by molar-refractivity contribution is 0.102. The number of nitrogen functional groups attached to an aromatic ring is 1. The molecule has 7 heteroatoms. The predicted octanol–water partition coefficient (Wildman–Crippen LogP) is 3.59. The first-order valence-corrected chi connectivity index (χ1v) is 5.78. The molecular weight excluding hydrogens is 293 g/mol. The van der Waals surface area contributed by atoms with Gasteiger partial charge >= 0.3 is 0 Å². The monoisotopic (exact) mass is 300 g/mol. The lowest BCUT2D eigenvalue weighted by Crippen LogP contribution is -2.14. The third-order valence-electron chi connectivity index (χ3n) is 2.53. The van der Waals surface area contributed by atoms with Crippen molar-refractivity contribution in [1.82, 2.24) is 0 Å². The van der Waals surface area contributed by atoms with E-state index < -0.39 is 29.0 Å². The number of nitrogens with one attached hydrogen (secondary N) is 1. The maximum Gasteiger partial charge on any atom is 0.257 e. The second-order valence-electron chi connectivity index (χ2n) is 3.91. The average Bonchev–Trinajstić information content (AvgIpc) is 2.39. The molecule has 0 saturated carbocycles. The summed E-state index contributed by atoms with van der Waals surface area (Å²) in [7, 11) is 0. The molecule has 0 aliphatic rings. The van der Waals surface area contributed by atoms with Crippen LogP contribution in [0.25, 0.3) is 0 Å². The number of carbonyl (C=O) groups excluding carboxylic acids is 1. The van der Waals surface area contributed by atoms with Gasteiger partial charge in [0, 0.05) is 12.1 Å². The normalized spacial score (nSPS) is 10.4. The molecule has 0 radical (unpaired) electrons. The number of carbonyl (C=O) groups is 1. The average molecular weight is 301 g/mol. The number of halogens is 4. The van der Waals surface area contributed by atoms with Gasteiger partial charge in [-0.15, -0.1) is 0 Å². The molecule has 1 amide bonds. The number of amides is 1. The number of benzene rings is 2. The molecule has 3 nitrogen and oxygen atoms in total. The Bertz CT molecular complexity index is 692. The molecule has 3 N–H and O–H groups in total. The van der Waals surface area contributed by atoms with E-state index in [1.807, 2.05) is 0 Å². The van der Waals surface area contributed by atoms with E-state index in [4.69, 9.17) is 17.3 Å². The summed E-state index contributed by atoms with van der Waals surface area (Å²) in [4.78, 5) is 11.9. The Balaban J connectivity index is 2.33. The van der Waals surface area contributed by atoms with E-state index in [0.29, 0.717) is 12.1 Å². The van der Waals surface area contributed by atoms with E-state index in [1.165, 1.54) is 18.2 Å². The highest BCUT2D eigenvalue weighted by Gasteiger charge is 2.16. The molecule has 0 bridgehead atoms. The van der Waals surface area contributed by atoms with Crippen molar-refractivity contribution in [3.05, 3.63) is 58.4 Å². The smallest absolute Gasteiger partial charge is 0.257 e. The number of rotatable bonds is 2. The molecule has 0 aromatic heterocycles. The van der Waals surface area contributed by atoms with Crippen LogP contribution in [-0.2, 0) is 0 Å². The minimum Gasteiger partial charge on any atom is -0.398 e. The second-order valence-corrected chi connectivity index (χ2v) is 4.29. The zero-order chi connectivity index (χ0) is 14.9. The highest BCUT2D eigenvalue weighted by atomic mass is 35.5. The van der Waals surface area contributed by atoms with Crippen LogP contribution in [0.5, 0.6) is 0 Å². The minimum atomic E-state index is -1.34. The van der Waals surface area contributed by atoms with Crippen molar-refractivity contribution >= 4 is 28.9 Å². The standard InChI is InChI=1S/C13H8ClF3N2O/c14-12-6(2-1-3-10(12)18)13(20)19-11-5-8(16)7(15)4-9(11)17/h1-5H,18H2,(H,19,20). The van der Waals surface area contributed by atoms with E-state index in [9.17, 15) is 18.0 Å². The summed E-state index contributed by atoms with van der Waals surface area (Å²) in [5, 5.41) is 2.10. The fourth-order valence-corrected chi connectivity index (χ4v) is 1.75. The largest absolute Gasteiger partial charge is 0.398 e. The Hall–Kier alpha value is -2.21. The molecular formula is C13H8ClF3N2O. The van der Waals surface area contributed by atoms with Gasteiger partial charge in [-0.25, -0.2) is 13.2 Å². The van der Waals surface area contributed by atoms with Gasteiger partial charge in [0.25, 0.3) is 5.91 Å². The van der Waals surface area contributed by atoms with Crippen LogP contribution in [0.4, 0.5) is 24.5 Å². The maximum absolute atomic E-state index is 13.4. The number of nitrogens with two attached hydrogens (primary N) is 1. The van der Waals surface area contributed by atoms with E-state index >= 15 is 0 Å². The van der Waals surface area contributed by atoms with Crippen LogP contribution >= 0.6 is 11.6 Å². The van der Waals surface area contributed by atoms with Gasteiger partial charge in [-0.1, -0.05) is 17.7 Å². The Kier molecular flexibility index (Phi) is 3.85. The van der Waals surface area contributed by atoms with Crippen molar-refractivity contribution in [3.8, 4) is 0 Å². The Morgan fingerprint density at radius 3 is 2.45 bits per heavy atom. The third kappa shape index (κ3) is 2.70. The van der Waals surface area contributed by atoms with Gasteiger partial charge in [-0.2, -0.15) is 0 Å². The first-order valence-electron chi connectivity index (χ1n) is 5.40. The van der Waals surface area contributed by atoms with Gasteiger partial charge in [0.2, 0.25) is 0 Å². The van der Waals surface area contributed by atoms with Crippen molar-refractivity contribution < 1.29 is 18.0 Å². The van der Waals surface area contributed by atoms with Crippen LogP contribution in [-0.4, -0.2) is 5.91 Å². The molecule has 0 heterocycles. The third-order valence-corrected chi connectivity index (χ3v) is 2.95. The zero-order valence-electron chi connectivity index (χ0n) is 9.88. The fourth-order valence-electron chi connectivity index (χ4n) is 1.53. The predicted molar refractivity (Wildman–Crippen MR) is 70.1 cm³/mol. The Morgan fingerprint density at radius 1 is 1.10 bits per heavy atom. The molecule has 0 saturated heterocycles. The molecule has 0 spiro atoms. The van der Waals surface area contributed by atoms with Crippen LogP contribution in [0.15, 0.2) is 30.3 Å². The fraction of sp³-hybridized carbons (Fsp3) is 0. The molecule has 0 aliphatic heterocycles. The second kappa shape index (κ2) is 5.42. The maximum atomic E-state index is 13.4. The molecule has 2 aromatic rings. The number of hydrogen-bond donors (Lipinski definition) is 2. The van der Waals surface area contributed by atoms with Gasteiger partial charge in [0.1, 0.15) is 5.82 Å². The lowest BCUT2D eigenvalue weighted by atomic mass is 10.2. The highest BCUT2D eigenvalue weighted by molar-refractivity contribution is 6.36. The van der Waals surface area contributed by atoms with Crippen LogP contribution in [0.3, 0.4) is 0 Å². The zero-order valence-corrected chi connectivity index (χ0v) is 10.6. The van der Waals surface area contributed by atoms with Crippen molar-refractivity contribution in [2.75, 3.05) is 11.1 Å². The Labute approximate surface area is 117 Å². The Morgan fingerprint density at radius 2 is 1.75 bits per heavy atom. The molecule has 0 atom stereocenters. The summed E-state index contributed by atoms with van der Waals surface area (Å²) < 4.78 is 39.2. The van der Waals surface area contributed by atoms with Gasteiger partial charge < -0.3 is 11.1 Å². The van der Waals surface area contributed by atoms with Gasteiger partial charge in [-0.05, 0) is 12.1 Å². The van der Waals surface area contributed by atoms with Crippen molar-refractivity contribution in [2.45, 2.75) is 0 Å². The summed E-state index contributed by atoms with van der Waals surface area (Å²) in [6.07, 6.45) is 0. The van der Waals surface area contributed by atoms with E-state index in [-0.39, 0.29) is 16.3 Å². The molecule has 0 fully saturated rings. The summed E-state index contributed by atoms with van der Waals surface area (Å²) in [5.41, 5.74) is 5.20. The van der Waals surface area contributed by atoms with Crippen LogP contribution in [0, 0.1) is 17.5 Å². The van der Waals surface area contributed by atoms with E-state index in [1.54, 1.807) is 0 Å².